The summed E-state index contributed by atoms with van der Waals surface area (Å²) in [5, 5.41) is 14.0. The zero-order valence-electron chi connectivity index (χ0n) is 17.9. The standard InChI is InChI=1S/C23H31BrN2O4/c1-21(2,3)18(26-20(29)30)19(28)25-14-17(27)23-11-8-22(9-12-23,10-13-23)15-4-6-16(24)7-5-15/h4-7,18,26H,8-14H2,1-3H3,(H,25,28)(H,29,30). The molecule has 2 bridgehead atoms. The highest BCUT2D eigenvalue weighted by Crippen LogP contribution is 2.58. The van der Waals surface area contributed by atoms with Gasteiger partial charge in [0.1, 0.15) is 6.04 Å². The Bertz CT molecular complexity index is 804. The molecule has 0 aromatic heterocycles. The van der Waals surface area contributed by atoms with Crippen molar-refractivity contribution in [2.75, 3.05) is 6.54 Å². The largest absolute Gasteiger partial charge is 0.465 e. The Morgan fingerprint density at radius 3 is 2.03 bits per heavy atom. The van der Waals surface area contributed by atoms with Gasteiger partial charge in [0, 0.05) is 9.89 Å². The van der Waals surface area contributed by atoms with Crippen LogP contribution in [-0.2, 0) is 15.0 Å². The molecule has 30 heavy (non-hydrogen) atoms. The summed E-state index contributed by atoms with van der Waals surface area (Å²) >= 11 is 3.49. The second-order valence-corrected chi connectivity index (χ2v) is 10.9. The van der Waals surface area contributed by atoms with Crippen LogP contribution in [0.2, 0.25) is 0 Å². The Morgan fingerprint density at radius 1 is 1.03 bits per heavy atom. The van der Waals surface area contributed by atoms with Gasteiger partial charge in [0.25, 0.3) is 0 Å². The number of halogens is 1. The number of hydrogen-bond acceptors (Lipinski definition) is 3. The van der Waals surface area contributed by atoms with Crippen molar-refractivity contribution in [1.29, 1.82) is 0 Å². The first kappa shape index (κ1) is 22.8. The highest BCUT2D eigenvalue weighted by molar-refractivity contribution is 9.10. The molecule has 3 saturated carbocycles. The molecule has 3 aliphatic carbocycles. The Labute approximate surface area is 186 Å². The van der Waals surface area contributed by atoms with E-state index >= 15 is 0 Å². The lowest BCUT2D eigenvalue weighted by atomic mass is 9.51. The molecular formula is C23H31BrN2O4. The van der Waals surface area contributed by atoms with Crippen LogP contribution in [0, 0.1) is 10.8 Å². The molecule has 1 unspecified atom stereocenters. The predicted molar refractivity (Wildman–Crippen MR) is 118 cm³/mol. The van der Waals surface area contributed by atoms with Crippen molar-refractivity contribution in [3.63, 3.8) is 0 Å². The number of ketones is 1. The quantitative estimate of drug-likeness (QED) is 0.564. The van der Waals surface area contributed by atoms with Crippen molar-refractivity contribution in [1.82, 2.24) is 10.6 Å². The summed E-state index contributed by atoms with van der Waals surface area (Å²) in [5.41, 5.74) is 0.563. The summed E-state index contributed by atoms with van der Waals surface area (Å²) in [7, 11) is 0. The number of Topliss-reactive ketones (excluding diaryl/α,β-unsaturated/α-hetero) is 1. The molecule has 1 aromatic rings. The zero-order valence-corrected chi connectivity index (χ0v) is 19.5. The summed E-state index contributed by atoms with van der Waals surface area (Å²) < 4.78 is 1.07. The number of carbonyl (C=O) groups is 3. The maximum absolute atomic E-state index is 13.1. The lowest BCUT2D eigenvalue weighted by molar-refractivity contribution is -0.137. The van der Waals surface area contributed by atoms with Gasteiger partial charge in [-0.1, -0.05) is 48.8 Å². The first-order chi connectivity index (χ1) is 14.0. The van der Waals surface area contributed by atoms with Gasteiger partial charge in [0.2, 0.25) is 5.91 Å². The summed E-state index contributed by atoms with van der Waals surface area (Å²) in [5.74, 6) is -0.381. The number of benzene rings is 1. The van der Waals surface area contributed by atoms with Gasteiger partial charge in [-0.05, 0) is 67.1 Å². The summed E-state index contributed by atoms with van der Waals surface area (Å²) in [4.78, 5) is 36.7. The van der Waals surface area contributed by atoms with Crippen LogP contribution in [0.25, 0.3) is 0 Å². The molecule has 164 valence electrons. The van der Waals surface area contributed by atoms with Crippen LogP contribution in [0.3, 0.4) is 0 Å². The van der Waals surface area contributed by atoms with Crippen molar-refractivity contribution in [3.05, 3.63) is 34.3 Å². The average Bonchev–Trinajstić information content (AvgIpc) is 2.70. The fraction of sp³-hybridized carbons (Fsp3) is 0.609. The van der Waals surface area contributed by atoms with E-state index in [1.54, 1.807) is 20.8 Å². The third kappa shape index (κ3) is 4.56. The Morgan fingerprint density at radius 2 is 1.57 bits per heavy atom. The van der Waals surface area contributed by atoms with Gasteiger partial charge in [-0.15, -0.1) is 0 Å². The number of carboxylic acid groups (broad SMARTS) is 1. The summed E-state index contributed by atoms with van der Waals surface area (Å²) in [6, 6.07) is 7.62. The van der Waals surface area contributed by atoms with Crippen LogP contribution in [0.15, 0.2) is 28.7 Å². The fourth-order valence-electron chi connectivity index (χ4n) is 5.10. The second kappa shape index (κ2) is 8.33. The van der Waals surface area contributed by atoms with Gasteiger partial charge in [0.15, 0.2) is 5.78 Å². The van der Waals surface area contributed by atoms with E-state index in [2.05, 4.69) is 50.8 Å². The molecular weight excluding hydrogens is 448 g/mol. The lowest BCUT2D eigenvalue weighted by Gasteiger charge is -2.53. The number of amides is 2. The molecule has 1 aromatic carbocycles. The minimum absolute atomic E-state index is 0.0437. The number of carbonyl (C=O) groups excluding carboxylic acids is 2. The molecule has 1 atom stereocenters. The third-order valence-electron chi connectivity index (χ3n) is 7.11. The van der Waals surface area contributed by atoms with Crippen molar-refractivity contribution < 1.29 is 19.5 Å². The first-order valence-corrected chi connectivity index (χ1v) is 11.3. The number of hydrogen-bond donors (Lipinski definition) is 3. The third-order valence-corrected chi connectivity index (χ3v) is 7.64. The average molecular weight is 479 g/mol. The lowest BCUT2D eigenvalue weighted by Crippen LogP contribution is -2.55. The van der Waals surface area contributed by atoms with E-state index in [4.69, 9.17) is 5.11 Å². The minimum Gasteiger partial charge on any atom is -0.465 e. The Kier molecular flexibility index (Phi) is 6.33. The van der Waals surface area contributed by atoms with Gasteiger partial charge < -0.3 is 15.7 Å². The van der Waals surface area contributed by atoms with Gasteiger partial charge >= 0.3 is 6.09 Å². The number of nitrogens with one attached hydrogen (secondary N) is 2. The maximum Gasteiger partial charge on any atom is 0.405 e. The SMILES string of the molecule is CC(C)(C)C(NC(=O)O)C(=O)NCC(=O)C12CCC(c3ccc(Br)cc3)(CC1)CC2. The molecule has 4 rings (SSSR count). The van der Waals surface area contributed by atoms with Crippen LogP contribution in [0.4, 0.5) is 4.79 Å². The molecule has 0 heterocycles. The van der Waals surface area contributed by atoms with Crippen molar-refractivity contribution in [2.45, 2.75) is 70.8 Å². The second-order valence-electron chi connectivity index (χ2n) is 9.96. The van der Waals surface area contributed by atoms with Crippen LogP contribution in [0.5, 0.6) is 0 Å². The van der Waals surface area contributed by atoms with E-state index < -0.39 is 23.5 Å². The smallest absolute Gasteiger partial charge is 0.405 e. The van der Waals surface area contributed by atoms with Gasteiger partial charge in [0.05, 0.1) is 6.54 Å². The highest BCUT2D eigenvalue weighted by Gasteiger charge is 2.52. The van der Waals surface area contributed by atoms with Crippen LogP contribution in [0.1, 0.15) is 64.9 Å². The number of rotatable bonds is 6. The summed E-state index contributed by atoms with van der Waals surface area (Å²) in [6.45, 7) is 5.32. The van der Waals surface area contributed by atoms with Gasteiger partial charge in [-0.25, -0.2) is 4.79 Å². The topological polar surface area (TPSA) is 95.5 Å². The molecule has 0 radical (unpaired) electrons. The Balaban J connectivity index is 1.62. The molecule has 0 spiro atoms. The van der Waals surface area contributed by atoms with Gasteiger partial charge in [-0.2, -0.15) is 0 Å². The molecule has 0 aliphatic heterocycles. The van der Waals surface area contributed by atoms with E-state index in [1.807, 2.05) is 0 Å². The van der Waals surface area contributed by atoms with Crippen LogP contribution < -0.4 is 10.6 Å². The Hall–Kier alpha value is -1.89. The molecule has 3 N–H and O–H groups in total. The van der Waals surface area contributed by atoms with E-state index in [-0.39, 0.29) is 23.2 Å². The molecule has 0 saturated heterocycles. The van der Waals surface area contributed by atoms with Crippen molar-refractivity contribution >= 4 is 33.7 Å². The van der Waals surface area contributed by atoms with Crippen LogP contribution >= 0.6 is 15.9 Å². The molecule has 7 heteroatoms. The zero-order chi connectivity index (χ0) is 22.2. The predicted octanol–water partition coefficient (Wildman–Crippen LogP) is 4.41. The fourth-order valence-corrected chi connectivity index (χ4v) is 5.36. The van der Waals surface area contributed by atoms with E-state index in [1.165, 1.54) is 5.56 Å². The van der Waals surface area contributed by atoms with Gasteiger partial charge in [-0.3, -0.25) is 9.59 Å². The molecule has 2 amide bonds. The normalized spacial score (nSPS) is 26.7. The molecule has 3 aliphatic rings. The number of fused-ring (bicyclic) bond motifs is 3. The molecule has 6 nitrogen and oxygen atoms in total. The van der Waals surface area contributed by atoms with Crippen LogP contribution in [-0.4, -0.2) is 35.5 Å². The van der Waals surface area contributed by atoms with E-state index in [0.717, 1.165) is 43.0 Å². The van der Waals surface area contributed by atoms with Crippen molar-refractivity contribution in [3.8, 4) is 0 Å². The van der Waals surface area contributed by atoms with Crippen molar-refractivity contribution in [2.24, 2.45) is 10.8 Å². The maximum atomic E-state index is 13.1. The monoisotopic (exact) mass is 478 g/mol. The molecule has 3 fully saturated rings. The van der Waals surface area contributed by atoms with E-state index in [9.17, 15) is 14.4 Å². The first-order valence-electron chi connectivity index (χ1n) is 10.5. The summed E-state index contributed by atoms with van der Waals surface area (Å²) in [6.07, 6.45) is 4.23. The highest BCUT2D eigenvalue weighted by atomic mass is 79.9. The van der Waals surface area contributed by atoms with E-state index in [0.29, 0.717) is 0 Å². The minimum atomic E-state index is -1.25.